The van der Waals surface area contributed by atoms with Gasteiger partial charge in [0.2, 0.25) is 5.82 Å². The van der Waals surface area contributed by atoms with Gasteiger partial charge in [0.1, 0.15) is 0 Å². The van der Waals surface area contributed by atoms with Crippen LogP contribution in [0.4, 0.5) is 17.2 Å². The molecular weight excluding hydrogens is 242 g/mol. The van der Waals surface area contributed by atoms with Crippen molar-refractivity contribution >= 4 is 17.2 Å². The molecule has 1 aromatic carbocycles. The van der Waals surface area contributed by atoms with E-state index in [0.717, 1.165) is 11.3 Å². The minimum Gasteiger partial charge on any atom is -0.334 e. The molecule has 0 radical (unpaired) electrons. The molecule has 5 nitrogen and oxygen atoms in total. The zero-order chi connectivity index (χ0) is 14.3. The number of benzene rings is 1. The Bertz CT molecular complexity index is 556. The van der Waals surface area contributed by atoms with Crippen LogP contribution < -0.4 is 5.32 Å². The second-order valence-corrected chi connectivity index (χ2v) is 3.62. The van der Waals surface area contributed by atoms with Crippen LogP contribution in [0.25, 0.3) is 0 Å². The summed E-state index contributed by atoms with van der Waals surface area (Å²) in [6.07, 6.45) is 1.52. The second-order valence-electron chi connectivity index (χ2n) is 3.62. The zero-order valence-electron chi connectivity index (χ0n) is 11.3. The van der Waals surface area contributed by atoms with Gasteiger partial charge in [0, 0.05) is 18.0 Å². The Labute approximate surface area is 112 Å². The summed E-state index contributed by atoms with van der Waals surface area (Å²) in [5.41, 5.74) is 1.83. The van der Waals surface area contributed by atoms with Crippen LogP contribution in [0.15, 0.2) is 42.6 Å². The molecule has 1 heterocycles. The van der Waals surface area contributed by atoms with Crippen molar-refractivity contribution < 1.29 is 4.92 Å². The van der Waals surface area contributed by atoms with E-state index < -0.39 is 4.92 Å². The van der Waals surface area contributed by atoms with E-state index in [-0.39, 0.29) is 11.5 Å². The Kier molecular flexibility index (Phi) is 5.47. The molecule has 2 rings (SSSR count). The van der Waals surface area contributed by atoms with Crippen LogP contribution >= 0.6 is 0 Å². The van der Waals surface area contributed by atoms with Gasteiger partial charge in [0.15, 0.2) is 0 Å². The number of aryl methyl sites for hydroxylation is 1. The van der Waals surface area contributed by atoms with Crippen molar-refractivity contribution in [3.05, 3.63) is 58.3 Å². The van der Waals surface area contributed by atoms with Crippen LogP contribution in [0.5, 0.6) is 0 Å². The van der Waals surface area contributed by atoms with Gasteiger partial charge in [-0.15, -0.1) is 0 Å². The summed E-state index contributed by atoms with van der Waals surface area (Å²) in [5, 5.41) is 13.7. The lowest BCUT2D eigenvalue weighted by molar-refractivity contribution is -0.384. The van der Waals surface area contributed by atoms with Crippen molar-refractivity contribution in [1.29, 1.82) is 0 Å². The Morgan fingerprint density at radius 2 is 1.95 bits per heavy atom. The van der Waals surface area contributed by atoms with Crippen molar-refractivity contribution in [3.63, 3.8) is 0 Å². The molecule has 1 N–H and O–H groups in total. The van der Waals surface area contributed by atoms with Gasteiger partial charge in [0.25, 0.3) is 0 Å². The number of hydrogen-bond acceptors (Lipinski definition) is 4. The SMILES string of the molecule is CC.Cc1cccc(Nc2ncccc2[N+](=O)[O-])c1. The molecule has 0 bridgehead atoms. The lowest BCUT2D eigenvalue weighted by Crippen LogP contribution is -1.99. The molecule has 0 aliphatic heterocycles. The minimum absolute atomic E-state index is 0.0333. The number of rotatable bonds is 3. The van der Waals surface area contributed by atoms with Gasteiger partial charge >= 0.3 is 5.69 Å². The molecular formula is C14H17N3O2. The van der Waals surface area contributed by atoms with Gasteiger partial charge in [-0.25, -0.2) is 4.98 Å². The molecule has 0 aliphatic rings. The lowest BCUT2D eigenvalue weighted by Gasteiger charge is -2.06. The number of nitro groups is 1. The summed E-state index contributed by atoms with van der Waals surface area (Å²) in [7, 11) is 0. The summed E-state index contributed by atoms with van der Waals surface area (Å²) in [6, 6.07) is 10.5. The molecule has 1 aromatic heterocycles. The molecule has 0 saturated carbocycles. The molecule has 0 fully saturated rings. The predicted molar refractivity (Wildman–Crippen MR) is 76.7 cm³/mol. The average Bonchev–Trinajstić information content (AvgIpc) is 2.41. The predicted octanol–water partition coefficient (Wildman–Crippen LogP) is 4.07. The Hall–Kier alpha value is -2.43. The molecule has 100 valence electrons. The van der Waals surface area contributed by atoms with Crippen molar-refractivity contribution in [3.8, 4) is 0 Å². The highest BCUT2D eigenvalue weighted by Gasteiger charge is 2.13. The molecule has 0 aliphatic carbocycles. The zero-order valence-corrected chi connectivity index (χ0v) is 11.3. The maximum Gasteiger partial charge on any atom is 0.311 e. The summed E-state index contributed by atoms with van der Waals surface area (Å²) in [4.78, 5) is 14.3. The van der Waals surface area contributed by atoms with Crippen LogP contribution in [-0.2, 0) is 0 Å². The average molecular weight is 259 g/mol. The van der Waals surface area contributed by atoms with E-state index in [0.29, 0.717) is 0 Å². The third-order valence-electron chi connectivity index (χ3n) is 2.26. The van der Waals surface area contributed by atoms with Crippen molar-refractivity contribution in [2.45, 2.75) is 20.8 Å². The number of nitrogens with one attached hydrogen (secondary N) is 1. The van der Waals surface area contributed by atoms with Gasteiger partial charge in [0.05, 0.1) is 4.92 Å². The number of aromatic nitrogens is 1. The normalized spacial score (nSPS) is 9.21. The van der Waals surface area contributed by atoms with E-state index in [4.69, 9.17) is 0 Å². The van der Waals surface area contributed by atoms with E-state index in [1.807, 2.05) is 45.0 Å². The highest BCUT2D eigenvalue weighted by molar-refractivity contribution is 5.65. The smallest absolute Gasteiger partial charge is 0.311 e. The van der Waals surface area contributed by atoms with Gasteiger partial charge in [-0.05, 0) is 30.7 Å². The van der Waals surface area contributed by atoms with Crippen LogP contribution in [0, 0.1) is 17.0 Å². The minimum atomic E-state index is -0.453. The largest absolute Gasteiger partial charge is 0.334 e. The third-order valence-corrected chi connectivity index (χ3v) is 2.26. The molecule has 0 atom stereocenters. The van der Waals surface area contributed by atoms with Crippen LogP contribution in [-0.4, -0.2) is 9.91 Å². The van der Waals surface area contributed by atoms with Gasteiger partial charge in [-0.3, -0.25) is 10.1 Å². The highest BCUT2D eigenvalue weighted by Crippen LogP contribution is 2.24. The van der Waals surface area contributed by atoms with Gasteiger partial charge in [-0.1, -0.05) is 26.0 Å². The van der Waals surface area contributed by atoms with Gasteiger partial charge < -0.3 is 5.32 Å². The Balaban J connectivity index is 0.000000861. The van der Waals surface area contributed by atoms with Crippen molar-refractivity contribution in [2.75, 3.05) is 5.32 Å². The lowest BCUT2D eigenvalue weighted by atomic mass is 10.2. The Morgan fingerprint density at radius 3 is 2.58 bits per heavy atom. The van der Waals surface area contributed by atoms with Crippen LogP contribution in [0.1, 0.15) is 19.4 Å². The summed E-state index contributed by atoms with van der Waals surface area (Å²) < 4.78 is 0. The highest BCUT2D eigenvalue weighted by atomic mass is 16.6. The summed E-state index contributed by atoms with van der Waals surface area (Å²) in [6.45, 7) is 5.96. The quantitative estimate of drug-likeness (QED) is 0.666. The summed E-state index contributed by atoms with van der Waals surface area (Å²) >= 11 is 0. The third kappa shape index (κ3) is 4.06. The molecule has 0 amide bonds. The number of nitrogens with zero attached hydrogens (tertiary/aromatic N) is 2. The van der Waals surface area contributed by atoms with Crippen molar-refractivity contribution in [2.24, 2.45) is 0 Å². The topological polar surface area (TPSA) is 68.1 Å². The summed E-state index contributed by atoms with van der Waals surface area (Å²) in [5.74, 6) is 0.253. The van der Waals surface area contributed by atoms with E-state index in [9.17, 15) is 10.1 Å². The van der Waals surface area contributed by atoms with E-state index in [2.05, 4.69) is 10.3 Å². The molecule has 5 heteroatoms. The fraction of sp³-hybridized carbons (Fsp3) is 0.214. The number of pyridine rings is 1. The first kappa shape index (κ1) is 14.6. The van der Waals surface area contributed by atoms with E-state index in [1.54, 1.807) is 6.07 Å². The molecule has 0 spiro atoms. The van der Waals surface area contributed by atoms with E-state index >= 15 is 0 Å². The number of anilines is 2. The second kappa shape index (κ2) is 7.10. The molecule has 0 saturated heterocycles. The maximum absolute atomic E-state index is 10.8. The fourth-order valence-electron chi connectivity index (χ4n) is 1.50. The van der Waals surface area contributed by atoms with Gasteiger partial charge in [-0.2, -0.15) is 0 Å². The first-order chi connectivity index (χ1) is 9.16. The Morgan fingerprint density at radius 1 is 1.21 bits per heavy atom. The number of hydrogen-bond donors (Lipinski definition) is 1. The van der Waals surface area contributed by atoms with E-state index in [1.165, 1.54) is 12.3 Å². The first-order valence-corrected chi connectivity index (χ1v) is 6.10. The molecule has 19 heavy (non-hydrogen) atoms. The van der Waals surface area contributed by atoms with Crippen LogP contribution in [0.2, 0.25) is 0 Å². The monoisotopic (exact) mass is 259 g/mol. The standard InChI is InChI=1S/C12H11N3O2.C2H6/c1-9-4-2-5-10(8-9)14-12-11(15(16)17)6-3-7-13-12;1-2/h2-8H,1H3,(H,13,14);1-2H3. The first-order valence-electron chi connectivity index (χ1n) is 6.10. The van der Waals surface area contributed by atoms with Crippen LogP contribution in [0.3, 0.4) is 0 Å². The van der Waals surface area contributed by atoms with Crippen molar-refractivity contribution in [1.82, 2.24) is 4.98 Å². The fourth-order valence-corrected chi connectivity index (χ4v) is 1.50. The molecule has 2 aromatic rings. The maximum atomic E-state index is 10.8. The molecule has 0 unspecified atom stereocenters.